The lowest BCUT2D eigenvalue weighted by atomic mass is 9.89. The number of aromatic nitrogens is 2. The van der Waals surface area contributed by atoms with E-state index in [2.05, 4.69) is 33.9 Å². The van der Waals surface area contributed by atoms with Crippen molar-refractivity contribution in [2.75, 3.05) is 13.7 Å². The number of carbonyl (C=O) groups is 1. The first-order valence-corrected chi connectivity index (χ1v) is 15.1. The van der Waals surface area contributed by atoms with Crippen LogP contribution in [-0.2, 0) is 33.7 Å². The molecule has 1 heterocycles. The molecule has 0 saturated heterocycles. The molecular weight excluding hydrogens is 456 g/mol. The van der Waals surface area contributed by atoms with E-state index in [1.165, 1.54) is 0 Å². The van der Waals surface area contributed by atoms with Gasteiger partial charge in [0.05, 0.1) is 32.6 Å². The van der Waals surface area contributed by atoms with E-state index in [1.54, 1.807) is 11.8 Å². The lowest BCUT2D eigenvalue weighted by molar-refractivity contribution is -0.131. The fourth-order valence-corrected chi connectivity index (χ4v) is 4.45. The number of carbonyl (C=O) groups excluding carboxylic acids is 1. The number of rotatable bonds is 11. The maximum absolute atomic E-state index is 13.4. The van der Waals surface area contributed by atoms with Crippen LogP contribution in [0.3, 0.4) is 0 Å². The van der Waals surface area contributed by atoms with Gasteiger partial charge in [0.15, 0.2) is 14.1 Å². The number of hydrogen-bond donors (Lipinski definition) is 0. The molecule has 0 unspecified atom stereocenters. The number of benzene rings is 2. The average Bonchev–Trinajstić information content (AvgIpc) is 3.14. The van der Waals surface area contributed by atoms with Crippen molar-refractivity contribution in [2.45, 2.75) is 72.5 Å². The second kappa shape index (κ2) is 10.6. The molecule has 0 aliphatic rings. The second-order valence-electron chi connectivity index (χ2n) is 11.3. The van der Waals surface area contributed by atoms with Crippen LogP contribution in [0.4, 0.5) is 0 Å². The van der Waals surface area contributed by atoms with Gasteiger partial charge in [-0.2, -0.15) is 5.10 Å². The van der Waals surface area contributed by atoms with Crippen molar-refractivity contribution in [2.24, 2.45) is 5.41 Å². The van der Waals surface area contributed by atoms with Crippen LogP contribution in [0.25, 0.3) is 10.9 Å². The Labute approximate surface area is 210 Å². The molecule has 3 aromatic rings. The molecule has 0 aliphatic heterocycles. The molecule has 35 heavy (non-hydrogen) atoms. The number of nitrogens with zero attached hydrogens (tertiary/aromatic N) is 2. The number of methoxy groups -OCH3 is 1. The molecule has 0 saturated carbocycles. The molecule has 3 rings (SSSR count). The lowest BCUT2D eigenvalue weighted by Crippen LogP contribution is -2.40. The zero-order chi connectivity index (χ0) is 25.9. The van der Waals surface area contributed by atoms with Crippen molar-refractivity contribution in [1.29, 1.82) is 0 Å². The number of fused-ring (bicyclic) bond motifs is 1. The summed E-state index contributed by atoms with van der Waals surface area (Å²) in [4.78, 5) is 13.4. The predicted molar refractivity (Wildman–Crippen MR) is 143 cm³/mol. The van der Waals surface area contributed by atoms with Gasteiger partial charge in [-0.15, -0.1) is 0 Å². The zero-order valence-electron chi connectivity index (χ0n) is 22.5. The number of hydrogen-bond acceptors (Lipinski definition) is 5. The molecule has 0 N–H and O–H groups in total. The Kier molecular flexibility index (Phi) is 8.24. The van der Waals surface area contributed by atoms with E-state index in [9.17, 15) is 4.79 Å². The van der Waals surface area contributed by atoms with Crippen molar-refractivity contribution in [1.82, 2.24) is 9.78 Å². The third kappa shape index (κ3) is 6.40. The quantitative estimate of drug-likeness (QED) is 0.288. The highest BCUT2D eigenvalue weighted by molar-refractivity contribution is 6.74. The summed E-state index contributed by atoms with van der Waals surface area (Å²) in [6.45, 7) is 16.3. The minimum atomic E-state index is -2.00. The van der Waals surface area contributed by atoms with Crippen LogP contribution in [0.2, 0.25) is 18.1 Å². The van der Waals surface area contributed by atoms with Gasteiger partial charge in [-0.25, -0.2) is 0 Å². The van der Waals surface area contributed by atoms with Gasteiger partial charge in [0.25, 0.3) is 0 Å². The first-order valence-electron chi connectivity index (χ1n) is 12.2. The van der Waals surface area contributed by atoms with Crippen LogP contribution in [0, 0.1) is 5.41 Å². The Morgan fingerprint density at radius 3 is 2.29 bits per heavy atom. The van der Waals surface area contributed by atoms with Gasteiger partial charge >= 0.3 is 0 Å². The SMILES string of the molecule is COc1cccc2c(CO[Si](C)(C)C(C)(C)C)n(CC(=O)C(C)(C)COCc3ccccc3)nc12. The van der Waals surface area contributed by atoms with Gasteiger partial charge in [-0.1, -0.05) is 77.1 Å². The van der Waals surface area contributed by atoms with E-state index < -0.39 is 13.7 Å². The third-order valence-corrected chi connectivity index (χ3v) is 11.5. The van der Waals surface area contributed by atoms with E-state index >= 15 is 0 Å². The highest BCUT2D eigenvalue weighted by Gasteiger charge is 2.38. The van der Waals surface area contributed by atoms with Crippen molar-refractivity contribution in [3.8, 4) is 5.75 Å². The number of ether oxygens (including phenoxy) is 2. The van der Waals surface area contributed by atoms with Crippen LogP contribution in [0.5, 0.6) is 5.75 Å². The summed E-state index contributed by atoms with van der Waals surface area (Å²) in [5.74, 6) is 0.749. The number of Topliss-reactive ketones (excluding diaryl/α,β-unsaturated/α-hetero) is 1. The minimum Gasteiger partial charge on any atom is -0.494 e. The van der Waals surface area contributed by atoms with E-state index in [-0.39, 0.29) is 17.4 Å². The van der Waals surface area contributed by atoms with Gasteiger partial charge in [-0.05, 0) is 29.8 Å². The van der Waals surface area contributed by atoms with E-state index in [0.717, 1.165) is 22.2 Å². The summed E-state index contributed by atoms with van der Waals surface area (Å²) >= 11 is 0. The topological polar surface area (TPSA) is 62.6 Å². The average molecular weight is 497 g/mol. The van der Waals surface area contributed by atoms with Gasteiger partial charge in [-0.3, -0.25) is 9.48 Å². The Morgan fingerprint density at radius 1 is 0.971 bits per heavy atom. The summed E-state index contributed by atoms with van der Waals surface area (Å²) in [6.07, 6.45) is 0. The maximum atomic E-state index is 13.4. The molecule has 1 aromatic heterocycles. The highest BCUT2D eigenvalue weighted by atomic mass is 28.4. The molecule has 0 radical (unpaired) electrons. The molecule has 0 bridgehead atoms. The highest BCUT2D eigenvalue weighted by Crippen LogP contribution is 2.38. The van der Waals surface area contributed by atoms with Gasteiger partial charge in [0.2, 0.25) is 0 Å². The van der Waals surface area contributed by atoms with Crippen LogP contribution < -0.4 is 4.74 Å². The molecule has 0 aliphatic carbocycles. The van der Waals surface area contributed by atoms with E-state index in [0.29, 0.717) is 25.6 Å². The molecule has 6 nitrogen and oxygen atoms in total. The van der Waals surface area contributed by atoms with E-state index in [4.69, 9.17) is 19.0 Å². The summed E-state index contributed by atoms with van der Waals surface area (Å²) in [5.41, 5.74) is 2.08. The lowest BCUT2D eigenvalue weighted by Gasteiger charge is -2.36. The normalized spacial score (nSPS) is 12.8. The minimum absolute atomic E-state index is 0.0610. The molecule has 190 valence electrons. The van der Waals surface area contributed by atoms with Crippen LogP contribution in [0.15, 0.2) is 48.5 Å². The molecule has 0 spiro atoms. The van der Waals surface area contributed by atoms with Crippen molar-refractivity contribution < 1.29 is 18.7 Å². The first-order chi connectivity index (χ1) is 16.4. The Morgan fingerprint density at radius 2 is 1.66 bits per heavy atom. The smallest absolute Gasteiger partial charge is 0.192 e. The Bertz CT molecular complexity index is 1150. The summed E-state index contributed by atoms with van der Waals surface area (Å²) < 4.78 is 19.8. The molecule has 0 atom stereocenters. The monoisotopic (exact) mass is 496 g/mol. The number of ketones is 1. The van der Waals surface area contributed by atoms with Crippen molar-refractivity contribution in [3.05, 3.63) is 59.8 Å². The second-order valence-corrected chi connectivity index (χ2v) is 16.1. The molecular formula is C28H40N2O4Si. The van der Waals surface area contributed by atoms with Crippen LogP contribution in [0.1, 0.15) is 45.9 Å². The van der Waals surface area contributed by atoms with Crippen LogP contribution in [-0.4, -0.2) is 37.6 Å². The fraction of sp³-hybridized carbons (Fsp3) is 0.500. The van der Waals surface area contributed by atoms with Gasteiger partial charge in [0, 0.05) is 10.8 Å². The third-order valence-electron chi connectivity index (χ3n) is 7.06. The van der Waals surface area contributed by atoms with Crippen molar-refractivity contribution >= 4 is 25.0 Å². The molecule has 7 heteroatoms. The van der Waals surface area contributed by atoms with Crippen molar-refractivity contribution in [3.63, 3.8) is 0 Å². The summed E-state index contributed by atoms with van der Waals surface area (Å²) in [6, 6.07) is 15.8. The molecule has 0 fully saturated rings. The largest absolute Gasteiger partial charge is 0.494 e. The van der Waals surface area contributed by atoms with Gasteiger partial charge in [0.1, 0.15) is 17.8 Å². The zero-order valence-corrected chi connectivity index (χ0v) is 23.5. The summed E-state index contributed by atoms with van der Waals surface area (Å²) in [5, 5.41) is 5.83. The maximum Gasteiger partial charge on any atom is 0.192 e. The van der Waals surface area contributed by atoms with Gasteiger partial charge < -0.3 is 13.9 Å². The predicted octanol–water partition coefficient (Wildman–Crippen LogP) is 6.38. The molecule has 0 amide bonds. The molecule has 2 aromatic carbocycles. The van der Waals surface area contributed by atoms with E-state index in [1.807, 2.05) is 62.4 Å². The fourth-order valence-electron chi connectivity index (χ4n) is 3.52. The van der Waals surface area contributed by atoms with Crippen LogP contribution >= 0.6 is 0 Å². The first kappa shape index (κ1) is 27.1. The Balaban J connectivity index is 1.82. The summed E-state index contributed by atoms with van der Waals surface area (Å²) in [7, 11) is -0.360. The Hall–Kier alpha value is -2.48. The standard InChI is InChI=1S/C28H40N2O4Si/c1-27(2,3)35(7,8)34-19-23-22-15-12-16-24(32-6)26(22)29-30(23)17-25(31)28(4,5)20-33-18-21-13-10-9-11-14-21/h9-16H,17-20H2,1-8H3.